The van der Waals surface area contributed by atoms with E-state index in [2.05, 4.69) is 46.8 Å². The van der Waals surface area contributed by atoms with Crippen LogP contribution >= 0.6 is 23.1 Å². The lowest BCUT2D eigenvalue weighted by Gasteiger charge is -2.27. The number of nitrogens with zero attached hydrogens (tertiary/aromatic N) is 3. The second-order valence-corrected chi connectivity index (χ2v) is 8.75. The van der Waals surface area contributed by atoms with Crippen LogP contribution in [0.4, 0.5) is 10.8 Å². The summed E-state index contributed by atoms with van der Waals surface area (Å²) < 4.78 is 0.705. The SMILES string of the molecule is Cc1cccc(Nc2nnc(SCC(=O)NC(C)(C#N)C(C)C)s2)c1C. The summed E-state index contributed by atoms with van der Waals surface area (Å²) in [5.41, 5.74) is 2.50. The quantitative estimate of drug-likeness (QED) is 0.694. The molecule has 0 saturated carbocycles. The van der Waals surface area contributed by atoms with E-state index in [0.29, 0.717) is 9.47 Å². The molecular formula is C18H23N5OS2. The maximum absolute atomic E-state index is 12.1. The van der Waals surface area contributed by atoms with Gasteiger partial charge < -0.3 is 10.6 Å². The van der Waals surface area contributed by atoms with Gasteiger partial charge in [-0.05, 0) is 43.9 Å². The maximum atomic E-state index is 12.1. The molecule has 0 fully saturated rings. The van der Waals surface area contributed by atoms with Gasteiger partial charge in [-0.3, -0.25) is 4.79 Å². The topological polar surface area (TPSA) is 90.7 Å². The summed E-state index contributed by atoms with van der Waals surface area (Å²) >= 11 is 2.71. The highest BCUT2D eigenvalue weighted by Crippen LogP contribution is 2.29. The molecule has 0 radical (unpaired) electrons. The minimum Gasteiger partial charge on any atom is -0.337 e. The van der Waals surface area contributed by atoms with Crippen LogP contribution in [0.25, 0.3) is 0 Å². The summed E-state index contributed by atoms with van der Waals surface area (Å²) in [6.45, 7) is 9.67. The van der Waals surface area contributed by atoms with Crippen molar-refractivity contribution in [2.45, 2.75) is 44.5 Å². The smallest absolute Gasteiger partial charge is 0.231 e. The number of hydrogen-bond acceptors (Lipinski definition) is 7. The molecule has 0 aliphatic heterocycles. The lowest BCUT2D eigenvalue weighted by atomic mass is 9.90. The van der Waals surface area contributed by atoms with E-state index in [4.69, 9.17) is 0 Å². The van der Waals surface area contributed by atoms with E-state index in [0.717, 1.165) is 5.69 Å². The van der Waals surface area contributed by atoms with Crippen molar-refractivity contribution in [1.29, 1.82) is 5.26 Å². The number of carbonyl (C=O) groups is 1. The molecule has 0 aliphatic rings. The zero-order chi connectivity index (χ0) is 19.3. The van der Waals surface area contributed by atoms with E-state index in [1.54, 1.807) is 6.92 Å². The Kier molecular flexibility index (Phi) is 6.62. The highest BCUT2D eigenvalue weighted by molar-refractivity contribution is 8.01. The average Bonchev–Trinajstić information content (AvgIpc) is 3.04. The van der Waals surface area contributed by atoms with Crippen molar-refractivity contribution in [1.82, 2.24) is 15.5 Å². The van der Waals surface area contributed by atoms with Gasteiger partial charge in [-0.15, -0.1) is 10.2 Å². The molecule has 26 heavy (non-hydrogen) atoms. The zero-order valence-electron chi connectivity index (χ0n) is 15.6. The molecule has 2 N–H and O–H groups in total. The molecule has 0 bridgehead atoms. The van der Waals surface area contributed by atoms with Gasteiger partial charge in [0, 0.05) is 5.69 Å². The Bertz CT molecular complexity index is 827. The fraction of sp³-hybridized carbons (Fsp3) is 0.444. The Morgan fingerprint density at radius 3 is 2.77 bits per heavy atom. The minimum absolute atomic E-state index is 0.0244. The van der Waals surface area contributed by atoms with Crippen molar-refractivity contribution in [3.63, 3.8) is 0 Å². The lowest BCUT2D eigenvalue weighted by molar-refractivity contribution is -0.120. The first-order valence-corrected chi connectivity index (χ1v) is 10.1. The zero-order valence-corrected chi connectivity index (χ0v) is 17.2. The number of thioether (sulfide) groups is 1. The fourth-order valence-electron chi connectivity index (χ4n) is 2.07. The number of hydrogen-bond donors (Lipinski definition) is 2. The van der Waals surface area contributed by atoms with E-state index in [-0.39, 0.29) is 17.6 Å². The van der Waals surface area contributed by atoms with Crippen LogP contribution in [0.5, 0.6) is 0 Å². The van der Waals surface area contributed by atoms with Crippen molar-refractivity contribution >= 4 is 39.8 Å². The Labute approximate surface area is 162 Å². The van der Waals surface area contributed by atoms with Gasteiger partial charge in [0.05, 0.1) is 11.8 Å². The summed E-state index contributed by atoms with van der Waals surface area (Å²) in [5, 5.41) is 24.3. The number of carbonyl (C=O) groups excluding carboxylic acids is 1. The molecule has 1 amide bonds. The van der Waals surface area contributed by atoms with Crippen molar-refractivity contribution in [3.8, 4) is 6.07 Å². The second kappa shape index (κ2) is 8.52. The van der Waals surface area contributed by atoms with Gasteiger partial charge in [0.25, 0.3) is 0 Å². The first kappa shape index (κ1) is 20.2. The Morgan fingerprint density at radius 1 is 1.38 bits per heavy atom. The van der Waals surface area contributed by atoms with Crippen LogP contribution in [-0.4, -0.2) is 27.4 Å². The van der Waals surface area contributed by atoms with Crippen LogP contribution in [0.2, 0.25) is 0 Å². The second-order valence-electron chi connectivity index (χ2n) is 6.55. The van der Waals surface area contributed by atoms with E-state index in [1.807, 2.05) is 26.0 Å². The third-order valence-corrected chi connectivity index (χ3v) is 6.34. The molecule has 0 saturated heterocycles. The third kappa shape index (κ3) is 4.96. The number of benzene rings is 1. The number of anilines is 2. The van der Waals surface area contributed by atoms with Crippen LogP contribution in [-0.2, 0) is 4.79 Å². The number of aromatic nitrogens is 2. The first-order chi connectivity index (χ1) is 12.2. The average molecular weight is 390 g/mol. The van der Waals surface area contributed by atoms with Gasteiger partial charge in [0.2, 0.25) is 11.0 Å². The normalized spacial score (nSPS) is 13.1. The van der Waals surface area contributed by atoms with Crippen LogP contribution in [0.15, 0.2) is 22.5 Å². The highest BCUT2D eigenvalue weighted by Gasteiger charge is 2.29. The first-order valence-electron chi connectivity index (χ1n) is 8.27. The Morgan fingerprint density at radius 2 is 2.12 bits per heavy atom. The number of nitrogens with one attached hydrogen (secondary N) is 2. The molecule has 6 nitrogen and oxygen atoms in total. The van der Waals surface area contributed by atoms with Gasteiger partial charge in [0.15, 0.2) is 4.34 Å². The van der Waals surface area contributed by atoms with Crippen LogP contribution in [0, 0.1) is 31.1 Å². The molecule has 138 valence electrons. The van der Waals surface area contributed by atoms with Crippen LogP contribution < -0.4 is 10.6 Å². The van der Waals surface area contributed by atoms with Gasteiger partial charge in [-0.1, -0.05) is 49.1 Å². The van der Waals surface area contributed by atoms with Crippen molar-refractivity contribution in [2.75, 3.05) is 11.1 Å². The van der Waals surface area contributed by atoms with Gasteiger partial charge >= 0.3 is 0 Å². The summed E-state index contributed by atoms with van der Waals surface area (Å²) in [5.74, 6) is 0.0329. The van der Waals surface area contributed by atoms with Crippen molar-refractivity contribution < 1.29 is 4.79 Å². The molecule has 2 aromatic rings. The Balaban J connectivity index is 1.93. The molecule has 1 unspecified atom stereocenters. The van der Waals surface area contributed by atoms with E-state index in [9.17, 15) is 10.1 Å². The standard InChI is InChI=1S/C18H23N5OS2/c1-11(2)18(5,10-19)21-15(24)9-25-17-23-22-16(26-17)20-14-8-6-7-12(3)13(14)4/h6-8,11H,9H2,1-5H3,(H,20,22)(H,21,24). The van der Waals surface area contributed by atoms with E-state index < -0.39 is 5.54 Å². The molecule has 8 heteroatoms. The fourth-order valence-corrected chi connectivity index (χ4v) is 3.64. The molecular weight excluding hydrogens is 366 g/mol. The molecule has 1 atom stereocenters. The van der Waals surface area contributed by atoms with E-state index >= 15 is 0 Å². The lowest BCUT2D eigenvalue weighted by Crippen LogP contribution is -2.49. The molecule has 1 aromatic heterocycles. The summed E-state index contributed by atoms with van der Waals surface area (Å²) in [4.78, 5) is 12.1. The van der Waals surface area contributed by atoms with E-state index in [1.165, 1.54) is 34.2 Å². The molecule has 0 aliphatic carbocycles. The maximum Gasteiger partial charge on any atom is 0.231 e. The Hall–Kier alpha value is -2.11. The minimum atomic E-state index is -0.867. The largest absolute Gasteiger partial charge is 0.337 e. The number of aryl methyl sites for hydroxylation is 1. The molecule has 2 rings (SSSR count). The van der Waals surface area contributed by atoms with Crippen molar-refractivity contribution in [2.24, 2.45) is 5.92 Å². The van der Waals surface area contributed by atoms with Crippen molar-refractivity contribution in [3.05, 3.63) is 29.3 Å². The number of amides is 1. The number of rotatable bonds is 7. The van der Waals surface area contributed by atoms with Gasteiger partial charge in [0.1, 0.15) is 5.54 Å². The predicted octanol–water partition coefficient (Wildman–Crippen LogP) is 4.05. The number of nitriles is 1. The predicted molar refractivity (Wildman–Crippen MR) is 107 cm³/mol. The molecule has 1 aromatic carbocycles. The van der Waals surface area contributed by atoms with Gasteiger partial charge in [-0.25, -0.2) is 0 Å². The molecule has 1 heterocycles. The van der Waals surface area contributed by atoms with Crippen LogP contribution in [0.1, 0.15) is 31.9 Å². The highest BCUT2D eigenvalue weighted by atomic mass is 32.2. The van der Waals surface area contributed by atoms with Gasteiger partial charge in [-0.2, -0.15) is 5.26 Å². The summed E-state index contributed by atoms with van der Waals surface area (Å²) in [6.07, 6.45) is 0. The van der Waals surface area contributed by atoms with Crippen LogP contribution in [0.3, 0.4) is 0 Å². The molecule has 0 spiro atoms. The summed E-state index contributed by atoms with van der Waals surface area (Å²) in [7, 11) is 0. The summed E-state index contributed by atoms with van der Waals surface area (Å²) in [6, 6.07) is 8.23. The monoisotopic (exact) mass is 389 g/mol. The third-order valence-electron chi connectivity index (χ3n) is 4.37.